The van der Waals surface area contributed by atoms with Crippen molar-refractivity contribution in [1.82, 2.24) is 9.55 Å². The second kappa shape index (κ2) is 8.38. The lowest BCUT2D eigenvalue weighted by atomic mass is 9.86. The van der Waals surface area contributed by atoms with Crippen LogP contribution in [0.25, 0.3) is 33.1 Å². The average Bonchev–Trinajstić information content (AvgIpc) is 3.09. The van der Waals surface area contributed by atoms with Gasteiger partial charge in [-0.3, -0.25) is 0 Å². The zero-order valence-electron chi connectivity index (χ0n) is 21.2. The van der Waals surface area contributed by atoms with Crippen molar-refractivity contribution < 1.29 is 19.4 Å². The molecule has 1 aliphatic heterocycles. The number of aromatic nitrogens is 2. The normalized spacial score (nSPS) is 14.7. The number of benzene rings is 2. The molecule has 2 aromatic carbocycles. The van der Waals surface area contributed by atoms with Crippen LogP contribution >= 0.6 is 0 Å². The largest absolute Gasteiger partial charge is 0.493 e. The predicted molar refractivity (Wildman–Crippen MR) is 138 cm³/mol. The summed E-state index contributed by atoms with van der Waals surface area (Å²) in [6.07, 6.45) is 0.745. The van der Waals surface area contributed by atoms with Crippen LogP contribution in [-0.2, 0) is 23.0 Å². The summed E-state index contributed by atoms with van der Waals surface area (Å²) in [5.74, 6) is -0.107. The van der Waals surface area contributed by atoms with Crippen molar-refractivity contribution in [2.75, 3.05) is 6.61 Å². The van der Waals surface area contributed by atoms with Crippen LogP contribution in [0.4, 0.5) is 0 Å². The van der Waals surface area contributed by atoms with Gasteiger partial charge in [0.05, 0.1) is 17.7 Å². The molecule has 6 heteroatoms. The first-order valence-electron chi connectivity index (χ1n) is 12.1. The number of carbonyl (C=O) groups is 1. The number of para-hydroxylation sites is 1. The van der Waals surface area contributed by atoms with Crippen LogP contribution in [-0.4, -0.2) is 32.8 Å². The van der Waals surface area contributed by atoms with Gasteiger partial charge >= 0.3 is 5.97 Å². The number of nitrogens with zero attached hydrogens (tertiary/aromatic N) is 2. The van der Waals surface area contributed by atoms with Crippen LogP contribution in [0, 0.1) is 13.8 Å². The van der Waals surface area contributed by atoms with Gasteiger partial charge in [0.25, 0.3) is 0 Å². The van der Waals surface area contributed by atoms with E-state index in [2.05, 4.69) is 29.7 Å². The average molecular weight is 473 g/mol. The molecule has 35 heavy (non-hydrogen) atoms. The van der Waals surface area contributed by atoms with E-state index in [-0.39, 0.29) is 0 Å². The molecule has 1 aliphatic rings. The van der Waals surface area contributed by atoms with E-state index in [0.29, 0.717) is 11.3 Å². The lowest BCUT2D eigenvalue weighted by Crippen LogP contribution is -2.28. The Labute approximate surface area is 205 Å². The Morgan fingerprint density at radius 2 is 1.91 bits per heavy atom. The minimum Gasteiger partial charge on any atom is -0.493 e. The molecule has 0 spiro atoms. The Morgan fingerprint density at radius 3 is 2.63 bits per heavy atom. The third-order valence-corrected chi connectivity index (χ3v) is 6.87. The third-order valence-electron chi connectivity index (χ3n) is 6.87. The van der Waals surface area contributed by atoms with Crippen molar-refractivity contribution in [2.24, 2.45) is 7.05 Å². The smallest absolute Gasteiger partial charge is 0.337 e. The molecule has 0 saturated carbocycles. The predicted octanol–water partition coefficient (Wildman–Crippen LogP) is 6.28. The van der Waals surface area contributed by atoms with Crippen molar-refractivity contribution >= 4 is 27.9 Å². The van der Waals surface area contributed by atoms with Crippen molar-refractivity contribution in [1.29, 1.82) is 0 Å². The maximum Gasteiger partial charge on any atom is 0.337 e. The van der Waals surface area contributed by atoms with Crippen molar-refractivity contribution in [3.8, 4) is 16.9 Å². The zero-order chi connectivity index (χ0) is 25.1. The van der Waals surface area contributed by atoms with Crippen LogP contribution in [0.1, 0.15) is 55.7 Å². The number of hydrogen-bond donors (Lipinski definition) is 1. The zero-order valence-corrected chi connectivity index (χ0v) is 21.2. The van der Waals surface area contributed by atoms with Gasteiger partial charge in [-0.25, -0.2) is 9.78 Å². The molecule has 182 valence electrons. The number of carboxylic acid groups (broad SMARTS) is 1. The first-order valence-corrected chi connectivity index (χ1v) is 12.1. The number of aliphatic carboxylic acids is 1. The summed E-state index contributed by atoms with van der Waals surface area (Å²) >= 11 is 0. The third kappa shape index (κ3) is 3.86. The fraction of sp³-hybridized carbons (Fsp3) is 0.379. The van der Waals surface area contributed by atoms with Gasteiger partial charge in [-0.2, -0.15) is 0 Å². The molecule has 0 aliphatic carbocycles. The van der Waals surface area contributed by atoms with Gasteiger partial charge in [0.15, 0.2) is 6.10 Å². The molecule has 2 aromatic heterocycles. The lowest BCUT2D eigenvalue weighted by Gasteiger charge is -2.29. The standard InChI is InChI=1S/C29H32N2O4/c1-16-18-11-9-15-34-22(18)14-13-19(16)24-23(26(28(32)33)35-29(3,4)5)17(2)30-27-25(24)20-10-7-8-12-21(20)31(27)6/h7-8,10,12-14,26H,9,11,15H2,1-6H3,(H,32,33). The van der Waals surface area contributed by atoms with Gasteiger partial charge in [0, 0.05) is 34.6 Å². The van der Waals surface area contributed by atoms with Gasteiger partial charge in [0.2, 0.25) is 0 Å². The van der Waals surface area contributed by atoms with Crippen LogP contribution in [0.2, 0.25) is 0 Å². The minimum absolute atomic E-state index is 0.607. The SMILES string of the molecule is Cc1nc2c(c(-c3ccc4c(c3C)CCCO4)c1C(OC(C)(C)C)C(=O)O)c1ccccc1n2C. The molecule has 0 fully saturated rings. The summed E-state index contributed by atoms with van der Waals surface area (Å²) < 4.78 is 14.2. The first kappa shape index (κ1) is 23.4. The maximum absolute atomic E-state index is 12.7. The van der Waals surface area contributed by atoms with Gasteiger partial charge in [-0.1, -0.05) is 24.3 Å². The Hall–Kier alpha value is -3.38. The molecule has 0 amide bonds. The Balaban J connectivity index is 1.95. The summed E-state index contributed by atoms with van der Waals surface area (Å²) in [4.78, 5) is 17.6. The van der Waals surface area contributed by atoms with Crippen molar-refractivity contribution in [2.45, 2.75) is 59.2 Å². The molecular formula is C29H32N2O4. The molecular weight excluding hydrogens is 440 g/mol. The Kier molecular flexibility index (Phi) is 5.59. The highest BCUT2D eigenvalue weighted by Crippen LogP contribution is 2.45. The lowest BCUT2D eigenvalue weighted by molar-refractivity contribution is -0.160. The fourth-order valence-corrected chi connectivity index (χ4v) is 5.36. The molecule has 1 atom stereocenters. The highest BCUT2D eigenvalue weighted by molar-refractivity contribution is 6.15. The monoisotopic (exact) mass is 472 g/mol. The molecule has 1 unspecified atom stereocenters. The van der Waals surface area contributed by atoms with Crippen molar-refractivity contribution in [3.05, 3.63) is 58.8 Å². The van der Waals surface area contributed by atoms with E-state index in [4.69, 9.17) is 14.5 Å². The first-order chi connectivity index (χ1) is 16.6. The van der Waals surface area contributed by atoms with Gasteiger partial charge in [0.1, 0.15) is 11.4 Å². The second-order valence-corrected chi connectivity index (χ2v) is 10.4. The molecule has 4 aromatic rings. The fourth-order valence-electron chi connectivity index (χ4n) is 5.36. The number of hydrogen-bond acceptors (Lipinski definition) is 4. The number of pyridine rings is 1. The van der Waals surface area contributed by atoms with E-state index >= 15 is 0 Å². The van der Waals surface area contributed by atoms with Crippen LogP contribution in [0.3, 0.4) is 0 Å². The van der Waals surface area contributed by atoms with Gasteiger partial charge in [-0.15, -0.1) is 0 Å². The molecule has 0 bridgehead atoms. The maximum atomic E-state index is 12.7. The Bertz CT molecular complexity index is 1480. The van der Waals surface area contributed by atoms with E-state index in [0.717, 1.165) is 63.8 Å². The van der Waals surface area contributed by atoms with Crippen molar-refractivity contribution in [3.63, 3.8) is 0 Å². The number of fused-ring (bicyclic) bond motifs is 4. The molecule has 6 nitrogen and oxygen atoms in total. The van der Waals surface area contributed by atoms with E-state index in [1.807, 2.05) is 52.9 Å². The van der Waals surface area contributed by atoms with E-state index < -0.39 is 17.7 Å². The number of carboxylic acids is 1. The number of rotatable bonds is 4. The second-order valence-electron chi connectivity index (χ2n) is 10.4. The molecule has 5 rings (SSSR count). The van der Waals surface area contributed by atoms with E-state index in [1.165, 1.54) is 5.56 Å². The highest BCUT2D eigenvalue weighted by atomic mass is 16.5. The van der Waals surface area contributed by atoms with Crippen LogP contribution in [0.5, 0.6) is 5.75 Å². The molecule has 0 saturated heterocycles. The summed E-state index contributed by atoms with van der Waals surface area (Å²) in [5, 5.41) is 12.4. The quantitative estimate of drug-likeness (QED) is 0.379. The highest BCUT2D eigenvalue weighted by Gasteiger charge is 2.34. The summed E-state index contributed by atoms with van der Waals surface area (Å²) in [7, 11) is 2.01. The molecule has 3 heterocycles. The topological polar surface area (TPSA) is 73.6 Å². The van der Waals surface area contributed by atoms with E-state index in [9.17, 15) is 9.90 Å². The van der Waals surface area contributed by atoms with Gasteiger partial charge < -0.3 is 19.1 Å². The molecule has 1 N–H and O–H groups in total. The summed E-state index contributed by atoms with van der Waals surface area (Å²) in [6.45, 7) is 10.4. The number of aryl methyl sites for hydroxylation is 2. The van der Waals surface area contributed by atoms with Gasteiger partial charge in [-0.05, 0) is 76.3 Å². The van der Waals surface area contributed by atoms with Crippen LogP contribution in [0.15, 0.2) is 36.4 Å². The van der Waals surface area contributed by atoms with Crippen LogP contribution < -0.4 is 4.74 Å². The Morgan fingerprint density at radius 1 is 1.17 bits per heavy atom. The minimum atomic E-state index is -1.16. The summed E-state index contributed by atoms with van der Waals surface area (Å²) in [5.41, 5.74) is 6.67. The summed E-state index contributed by atoms with van der Waals surface area (Å²) in [6, 6.07) is 12.3. The number of ether oxygens (including phenoxy) is 2. The molecule has 0 radical (unpaired) electrons. The van der Waals surface area contributed by atoms with E-state index in [1.54, 1.807) is 0 Å².